The number of rotatable bonds is 1. The second-order valence-corrected chi connectivity index (χ2v) is 2.70. The second kappa shape index (κ2) is 3.00. The zero-order valence-electron chi connectivity index (χ0n) is 7.03. The van der Waals surface area contributed by atoms with E-state index in [4.69, 9.17) is 0 Å². The fourth-order valence-electron chi connectivity index (χ4n) is 1.09. The Bertz CT molecular complexity index is 190. The van der Waals surface area contributed by atoms with Gasteiger partial charge in [-0.05, 0) is 14.0 Å². The SMILES string of the molecule is CNC1N=CC(=O)N(C)C1C. The summed E-state index contributed by atoms with van der Waals surface area (Å²) in [6.07, 6.45) is 1.40. The highest BCUT2D eigenvalue weighted by atomic mass is 16.2. The molecule has 4 heteroatoms. The van der Waals surface area contributed by atoms with Crippen molar-refractivity contribution in [1.82, 2.24) is 10.2 Å². The van der Waals surface area contributed by atoms with Gasteiger partial charge in [-0.25, -0.2) is 0 Å². The molecule has 0 spiro atoms. The Hall–Kier alpha value is -0.900. The van der Waals surface area contributed by atoms with Crippen molar-refractivity contribution in [3.05, 3.63) is 0 Å². The number of aliphatic imine (C=N–C) groups is 1. The van der Waals surface area contributed by atoms with Crippen molar-refractivity contribution in [1.29, 1.82) is 0 Å². The first-order valence-electron chi connectivity index (χ1n) is 3.64. The van der Waals surface area contributed by atoms with Crippen LogP contribution in [-0.4, -0.2) is 43.3 Å². The number of carbonyl (C=O) groups is 1. The van der Waals surface area contributed by atoms with Gasteiger partial charge in [0, 0.05) is 7.05 Å². The van der Waals surface area contributed by atoms with Gasteiger partial charge in [-0.2, -0.15) is 0 Å². The van der Waals surface area contributed by atoms with E-state index in [9.17, 15) is 4.79 Å². The van der Waals surface area contributed by atoms with E-state index in [-0.39, 0.29) is 18.1 Å². The van der Waals surface area contributed by atoms with Gasteiger partial charge < -0.3 is 4.90 Å². The number of hydrogen-bond donors (Lipinski definition) is 1. The molecule has 1 amide bonds. The molecule has 0 saturated carbocycles. The Morgan fingerprint density at radius 1 is 1.73 bits per heavy atom. The highest BCUT2D eigenvalue weighted by molar-refractivity contribution is 6.26. The summed E-state index contributed by atoms with van der Waals surface area (Å²) >= 11 is 0. The van der Waals surface area contributed by atoms with Crippen LogP contribution in [-0.2, 0) is 4.79 Å². The lowest BCUT2D eigenvalue weighted by atomic mass is 10.2. The van der Waals surface area contributed by atoms with Gasteiger partial charge in [-0.15, -0.1) is 0 Å². The third-order valence-corrected chi connectivity index (χ3v) is 2.06. The number of amides is 1. The van der Waals surface area contributed by atoms with Crippen LogP contribution in [0.1, 0.15) is 6.92 Å². The van der Waals surface area contributed by atoms with E-state index < -0.39 is 0 Å². The molecule has 1 aliphatic rings. The molecule has 2 atom stereocenters. The average molecular weight is 155 g/mol. The molecule has 0 saturated heterocycles. The quantitative estimate of drug-likeness (QED) is 0.553. The van der Waals surface area contributed by atoms with Crippen LogP contribution in [0.25, 0.3) is 0 Å². The summed E-state index contributed by atoms with van der Waals surface area (Å²) in [7, 11) is 3.62. The van der Waals surface area contributed by atoms with Gasteiger partial charge in [0.15, 0.2) is 0 Å². The Kier molecular flexibility index (Phi) is 2.24. The Morgan fingerprint density at radius 2 is 2.36 bits per heavy atom. The first-order chi connectivity index (χ1) is 5.16. The van der Waals surface area contributed by atoms with Gasteiger partial charge in [0.25, 0.3) is 5.91 Å². The summed E-state index contributed by atoms with van der Waals surface area (Å²) in [5, 5.41) is 3.01. The van der Waals surface area contributed by atoms with Crippen molar-refractivity contribution in [2.24, 2.45) is 4.99 Å². The van der Waals surface area contributed by atoms with E-state index in [0.717, 1.165) is 0 Å². The van der Waals surface area contributed by atoms with Crippen molar-refractivity contribution in [3.8, 4) is 0 Å². The maximum atomic E-state index is 11.0. The highest BCUT2D eigenvalue weighted by Gasteiger charge is 2.25. The molecule has 0 radical (unpaired) electrons. The molecule has 11 heavy (non-hydrogen) atoms. The molecule has 1 aliphatic heterocycles. The van der Waals surface area contributed by atoms with Crippen molar-refractivity contribution in [3.63, 3.8) is 0 Å². The van der Waals surface area contributed by atoms with E-state index in [1.54, 1.807) is 11.9 Å². The van der Waals surface area contributed by atoms with E-state index in [2.05, 4.69) is 10.3 Å². The summed E-state index contributed by atoms with van der Waals surface area (Å²) < 4.78 is 0. The zero-order valence-corrected chi connectivity index (χ0v) is 7.03. The third kappa shape index (κ3) is 1.40. The summed E-state index contributed by atoms with van der Waals surface area (Å²) in [5.74, 6) is -0.0241. The zero-order chi connectivity index (χ0) is 8.43. The minimum absolute atomic E-state index is 0.0241. The molecule has 0 aromatic heterocycles. The van der Waals surface area contributed by atoms with Crippen LogP contribution in [0.2, 0.25) is 0 Å². The van der Waals surface area contributed by atoms with Crippen LogP contribution in [0.4, 0.5) is 0 Å². The molecule has 1 heterocycles. The van der Waals surface area contributed by atoms with Crippen LogP contribution in [0, 0.1) is 0 Å². The van der Waals surface area contributed by atoms with Gasteiger partial charge in [-0.1, -0.05) is 0 Å². The number of nitrogens with zero attached hydrogens (tertiary/aromatic N) is 2. The molecule has 0 aromatic carbocycles. The summed E-state index contributed by atoms with van der Waals surface area (Å²) in [6.45, 7) is 1.97. The number of carbonyl (C=O) groups excluding carboxylic acids is 1. The second-order valence-electron chi connectivity index (χ2n) is 2.70. The fraction of sp³-hybridized carbons (Fsp3) is 0.714. The van der Waals surface area contributed by atoms with Gasteiger partial charge in [-0.3, -0.25) is 15.1 Å². The lowest BCUT2D eigenvalue weighted by Crippen LogP contribution is -2.51. The molecule has 0 aliphatic carbocycles. The number of likely N-dealkylation sites (N-methyl/N-ethyl adjacent to an activating group) is 2. The maximum Gasteiger partial charge on any atom is 0.264 e. The van der Waals surface area contributed by atoms with Crippen LogP contribution >= 0.6 is 0 Å². The first-order valence-corrected chi connectivity index (χ1v) is 3.64. The van der Waals surface area contributed by atoms with Crippen LogP contribution in [0.5, 0.6) is 0 Å². The molecule has 2 unspecified atom stereocenters. The summed E-state index contributed by atoms with van der Waals surface area (Å²) in [4.78, 5) is 16.7. The first kappa shape index (κ1) is 8.20. The third-order valence-electron chi connectivity index (χ3n) is 2.06. The van der Waals surface area contributed by atoms with Crippen LogP contribution in [0.15, 0.2) is 4.99 Å². The lowest BCUT2D eigenvalue weighted by molar-refractivity contribution is -0.125. The number of hydrogen-bond acceptors (Lipinski definition) is 3. The maximum absolute atomic E-state index is 11.0. The monoisotopic (exact) mass is 155 g/mol. The van der Waals surface area contributed by atoms with Gasteiger partial charge in [0.05, 0.1) is 12.3 Å². The lowest BCUT2D eigenvalue weighted by Gasteiger charge is -2.31. The fourth-order valence-corrected chi connectivity index (χ4v) is 1.09. The van der Waals surface area contributed by atoms with Crippen molar-refractivity contribution >= 4 is 12.1 Å². The van der Waals surface area contributed by atoms with Crippen LogP contribution in [0.3, 0.4) is 0 Å². The van der Waals surface area contributed by atoms with Crippen molar-refractivity contribution in [2.45, 2.75) is 19.1 Å². The minimum atomic E-state index is -0.0241. The van der Waals surface area contributed by atoms with Gasteiger partial charge >= 0.3 is 0 Å². The van der Waals surface area contributed by atoms with E-state index in [0.29, 0.717) is 0 Å². The molecule has 1 N–H and O–H groups in total. The Morgan fingerprint density at radius 3 is 2.91 bits per heavy atom. The molecule has 0 fully saturated rings. The highest BCUT2D eigenvalue weighted by Crippen LogP contribution is 2.06. The van der Waals surface area contributed by atoms with E-state index >= 15 is 0 Å². The van der Waals surface area contributed by atoms with E-state index in [1.807, 2.05) is 14.0 Å². The molecule has 0 aromatic rings. The van der Waals surface area contributed by atoms with Crippen LogP contribution < -0.4 is 5.32 Å². The predicted molar refractivity (Wildman–Crippen MR) is 43.6 cm³/mol. The summed E-state index contributed by atoms with van der Waals surface area (Å²) in [6, 6.07) is 0.137. The molecule has 4 nitrogen and oxygen atoms in total. The van der Waals surface area contributed by atoms with Crippen molar-refractivity contribution < 1.29 is 4.79 Å². The standard InChI is InChI=1S/C7H13N3O/c1-5-7(8-2)9-4-6(11)10(5)3/h4-5,7-8H,1-3H3. The normalized spacial score (nSPS) is 31.2. The Balaban J connectivity index is 2.76. The predicted octanol–water partition coefficient (Wildman–Crippen LogP) is -0.537. The molecule has 0 bridgehead atoms. The minimum Gasteiger partial charge on any atom is -0.335 e. The average Bonchev–Trinajstić information content (AvgIpc) is 2.01. The molecule has 62 valence electrons. The molecule has 1 rings (SSSR count). The summed E-state index contributed by atoms with van der Waals surface area (Å²) in [5.41, 5.74) is 0. The molecular weight excluding hydrogens is 142 g/mol. The topological polar surface area (TPSA) is 44.7 Å². The van der Waals surface area contributed by atoms with E-state index in [1.165, 1.54) is 6.21 Å². The Labute approximate surface area is 66.3 Å². The van der Waals surface area contributed by atoms with Crippen molar-refractivity contribution in [2.75, 3.05) is 14.1 Å². The smallest absolute Gasteiger partial charge is 0.264 e. The molecular formula is C7H13N3O. The van der Waals surface area contributed by atoms with Gasteiger partial charge in [0.2, 0.25) is 0 Å². The van der Waals surface area contributed by atoms with Gasteiger partial charge in [0.1, 0.15) is 6.17 Å². The number of nitrogens with one attached hydrogen (secondary N) is 1. The largest absolute Gasteiger partial charge is 0.335 e.